The Labute approximate surface area is 183 Å². The highest BCUT2D eigenvalue weighted by Gasteiger charge is 2.21. The van der Waals surface area contributed by atoms with Gasteiger partial charge in [-0.05, 0) is 42.5 Å². The molecule has 0 unspecified atom stereocenters. The number of carbonyl (C=O) groups excluding carboxylic acids is 1. The summed E-state index contributed by atoms with van der Waals surface area (Å²) in [6, 6.07) is 8.27. The highest BCUT2D eigenvalue weighted by Crippen LogP contribution is 2.37. The minimum Gasteiger partial charge on any atom is -0.490 e. The van der Waals surface area contributed by atoms with Gasteiger partial charge < -0.3 is 9.47 Å². The number of nitrogens with one attached hydrogen (secondary N) is 1. The Bertz CT molecular complexity index is 952. The van der Waals surface area contributed by atoms with Gasteiger partial charge in [0.1, 0.15) is 0 Å². The van der Waals surface area contributed by atoms with Gasteiger partial charge >= 0.3 is 5.69 Å². The zero-order valence-corrected chi connectivity index (χ0v) is 18.4. The number of halogens is 1. The summed E-state index contributed by atoms with van der Waals surface area (Å²) in [5.41, 5.74) is 3.37. The van der Waals surface area contributed by atoms with E-state index in [0.29, 0.717) is 17.2 Å². The van der Waals surface area contributed by atoms with Crippen LogP contribution in [0.2, 0.25) is 5.02 Å². The van der Waals surface area contributed by atoms with Gasteiger partial charge in [0, 0.05) is 21.5 Å². The lowest BCUT2D eigenvalue weighted by Gasteiger charge is -2.10. The normalized spacial score (nSPS) is 10.8. The molecule has 1 amide bonds. The second kappa shape index (κ2) is 11.4. The molecule has 2 rings (SSSR count). The molecular weight excluding hydrogens is 430 g/mol. The summed E-state index contributed by atoms with van der Waals surface area (Å²) in [5, 5.41) is 15.8. The van der Waals surface area contributed by atoms with Gasteiger partial charge in [0.15, 0.2) is 5.75 Å². The van der Waals surface area contributed by atoms with Crippen LogP contribution in [0, 0.1) is 10.1 Å². The van der Waals surface area contributed by atoms with Crippen molar-refractivity contribution in [3.8, 4) is 11.5 Å². The van der Waals surface area contributed by atoms with Crippen LogP contribution in [0.3, 0.4) is 0 Å². The summed E-state index contributed by atoms with van der Waals surface area (Å²) < 4.78 is 10.5. The number of hydrazone groups is 1. The smallest absolute Gasteiger partial charge is 0.315 e. The molecule has 0 aliphatic carbocycles. The third kappa shape index (κ3) is 6.36. The van der Waals surface area contributed by atoms with E-state index in [2.05, 4.69) is 10.5 Å². The van der Waals surface area contributed by atoms with Crippen molar-refractivity contribution in [1.82, 2.24) is 5.43 Å². The summed E-state index contributed by atoms with van der Waals surface area (Å²) in [6.07, 6.45) is 1.42. The average molecular weight is 452 g/mol. The number of nitro groups is 1. The molecule has 0 bridgehead atoms. The zero-order valence-electron chi connectivity index (χ0n) is 16.8. The van der Waals surface area contributed by atoms with Crippen LogP contribution in [0.25, 0.3) is 0 Å². The summed E-state index contributed by atoms with van der Waals surface area (Å²) in [5.74, 6) is 0.791. The first-order valence-corrected chi connectivity index (χ1v) is 10.5. The van der Waals surface area contributed by atoms with Gasteiger partial charge in [-0.15, -0.1) is 11.8 Å². The van der Waals surface area contributed by atoms with E-state index >= 15 is 0 Å². The van der Waals surface area contributed by atoms with E-state index in [0.717, 1.165) is 16.2 Å². The van der Waals surface area contributed by atoms with Gasteiger partial charge in [-0.2, -0.15) is 5.10 Å². The molecule has 0 aliphatic heterocycles. The van der Waals surface area contributed by atoms with Crippen LogP contribution in [-0.4, -0.2) is 36.5 Å². The molecule has 0 saturated heterocycles. The maximum atomic E-state index is 12.3. The zero-order chi connectivity index (χ0) is 22.1. The lowest BCUT2D eigenvalue weighted by molar-refractivity contribution is -0.385. The van der Waals surface area contributed by atoms with Crippen molar-refractivity contribution in [1.29, 1.82) is 0 Å². The van der Waals surface area contributed by atoms with Gasteiger partial charge in [0.05, 0.1) is 31.3 Å². The Balaban J connectivity index is 2.16. The fourth-order valence-electron chi connectivity index (χ4n) is 2.66. The second-order valence-corrected chi connectivity index (χ2v) is 7.66. The molecule has 0 saturated carbocycles. The molecule has 2 aromatic carbocycles. The monoisotopic (exact) mass is 451 g/mol. The first-order chi connectivity index (χ1) is 14.4. The van der Waals surface area contributed by atoms with Crippen molar-refractivity contribution < 1.29 is 19.2 Å². The maximum Gasteiger partial charge on any atom is 0.315 e. The lowest BCUT2D eigenvalue weighted by atomic mass is 10.1. The van der Waals surface area contributed by atoms with Gasteiger partial charge in [-0.3, -0.25) is 14.9 Å². The molecule has 0 spiro atoms. The molecule has 0 aromatic heterocycles. The van der Waals surface area contributed by atoms with Gasteiger partial charge in [0.2, 0.25) is 11.7 Å². The molecule has 1 N–H and O–H groups in total. The molecule has 0 atom stereocenters. The first-order valence-electron chi connectivity index (χ1n) is 9.11. The number of benzene rings is 2. The quantitative estimate of drug-likeness (QED) is 0.247. The standard InChI is InChI=1S/C20H22ClN3O5S/c1-4-29-17-9-13(8-16(24(26)27)20(17)28-3)12-22-23-19(25)11-14-10-15(21)6-7-18(14)30-5-2/h6-10,12H,4-5,11H2,1-3H3,(H,23,25)/b22-12-. The third-order valence-corrected chi connectivity index (χ3v) is 5.07. The van der Waals surface area contributed by atoms with Crippen LogP contribution in [0.1, 0.15) is 25.0 Å². The van der Waals surface area contributed by atoms with Gasteiger partial charge in [0.25, 0.3) is 0 Å². The summed E-state index contributed by atoms with van der Waals surface area (Å²) in [4.78, 5) is 24.0. The van der Waals surface area contributed by atoms with E-state index in [1.54, 1.807) is 36.9 Å². The first kappa shape index (κ1) is 23.5. The fourth-order valence-corrected chi connectivity index (χ4v) is 3.65. The molecule has 10 heteroatoms. The van der Waals surface area contributed by atoms with E-state index < -0.39 is 4.92 Å². The number of methoxy groups -OCH3 is 1. The van der Waals surface area contributed by atoms with Crippen LogP contribution in [0.5, 0.6) is 11.5 Å². The molecule has 0 radical (unpaired) electrons. The van der Waals surface area contributed by atoms with E-state index in [9.17, 15) is 14.9 Å². The number of amides is 1. The van der Waals surface area contributed by atoms with Crippen LogP contribution >= 0.6 is 23.4 Å². The molecule has 0 fully saturated rings. The maximum absolute atomic E-state index is 12.3. The highest BCUT2D eigenvalue weighted by molar-refractivity contribution is 7.99. The second-order valence-electron chi connectivity index (χ2n) is 5.92. The van der Waals surface area contributed by atoms with Crippen molar-refractivity contribution >= 4 is 41.2 Å². The largest absolute Gasteiger partial charge is 0.490 e. The van der Waals surface area contributed by atoms with Crippen molar-refractivity contribution in [2.24, 2.45) is 5.10 Å². The van der Waals surface area contributed by atoms with Gasteiger partial charge in [-0.25, -0.2) is 5.43 Å². The van der Waals surface area contributed by atoms with Crippen molar-refractivity contribution in [3.05, 3.63) is 56.6 Å². The minimum absolute atomic E-state index is 0.0324. The van der Waals surface area contributed by atoms with Crippen LogP contribution in [-0.2, 0) is 11.2 Å². The fraction of sp³-hybridized carbons (Fsp3) is 0.300. The Kier molecular flexibility index (Phi) is 8.94. The number of rotatable bonds is 10. The third-order valence-electron chi connectivity index (χ3n) is 3.83. The molecule has 30 heavy (non-hydrogen) atoms. The number of hydrogen-bond acceptors (Lipinski definition) is 7. The Morgan fingerprint density at radius 3 is 2.73 bits per heavy atom. The highest BCUT2D eigenvalue weighted by atomic mass is 35.5. The number of hydrogen-bond donors (Lipinski definition) is 1. The SMILES string of the molecule is CCOc1cc(/C=N\NC(=O)Cc2cc(Cl)ccc2SCC)cc([N+](=O)[O-])c1OC. The number of thioether (sulfide) groups is 1. The molecule has 0 aliphatic rings. The number of nitro benzene ring substituents is 1. The van der Waals surface area contributed by atoms with Crippen molar-refractivity contribution in [2.75, 3.05) is 19.5 Å². The Morgan fingerprint density at radius 1 is 1.33 bits per heavy atom. The van der Waals surface area contributed by atoms with Gasteiger partial charge in [-0.1, -0.05) is 18.5 Å². The van der Waals surface area contributed by atoms with Crippen molar-refractivity contribution in [3.63, 3.8) is 0 Å². The topological polar surface area (TPSA) is 103 Å². The molecule has 8 nitrogen and oxygen atoms in total. The van der Waals surface area contributed by atoms with Crippen LogP contribution in [0.15, 0.2) is 40.3 Å². The minimum atomic E-state index is -0.566. The number of ether oxygens (including phenoxy) is 2. The Morgan fingerprint density at radius 2 is 2.10 bits per heavy atom. The van der Waals surface area contributed by atoms with Crippen LogP contribution < -0.4 is 14.9 Å². The van der Waals surface area contributed by atoms with E-state index in [1.807, 2.05) is 13.0 Å². The average Bonchev–Trinajstić information content (AvgIpc) is 2.70. The predicted molar refractivity (Wildman–Crippen MR) is 118 cm³/mol. The van der Waals surface area contributed by atoms with E-state index in [1.165, 1.54) is 19.4 Å². The number of carbonyl (C=O) groups is 1. The number of nitrogens with zero attached hydrogens (tertiary/aromatic N) is 2. The van der Waals surface area contributed by atoms with E-state index in [4.69, 9.17) is 21.1 Å². The van der Waals surface area contributed by atoms with E-state index in [-0.39, 0.29) is 29.5 Å². The Hall–Kier alpha value is -2.78. The molecule has 160 valence electrons. The molecule has 0 heterocycles. The van der Waals surface area contributed by atoms with Crippen LogP contribution in [0.4, 0.5) is 5.69 Å². The molecule has 2 aromatic rings. The predicted octanol–water partition coefficient (Wildman–Crippen LogP) is 4.46. The summed E-state index contributed by atoms with van der Waals surface area (Å²) >= 11 is 7.66. The lowest BCUT2D eigenvalue weighted by Crippen LogP contribution is -2.20. The molecular formula is C20H22ClN3O5S. The summed E-state index contributed by atoms with van der Waals surface area (Å²) in [7, 11) is 1.33. The summed E-state index contributed by atoms with van der Waals surface area (Å²) in [6.45, 7) is 4.09. The van der Waals surface area contributed by atoms with Crippen molar-refractivity contribution in [2.45, 2.75) is 25.2 Å².